The Bertz CT molecular complexity index is 1370. The number of hydrogen-bond donors (Lipinski definition) is 0. The zero-order chi connectivity index (χ0) is 22.3. The van der Waals surface area contributed by atoms with E-state index in [0.29, 0.717) is 21.6 Å². The van der Waals surface area contributed by atoms with Crippen LogP contribution in [-0.2, 0) is 11.2 Å². The van der Waals surface area contributed by atoms with Gasteiger partial charge in [-0.05, 0) is 49.2 Å². The van der Waals surface area contributed by atoms with E-state index in [-0.39, 0.29) is 12.0 Å². The highest BCUT2D eigenvalue weighted by Crippen LogP contribution is 2.39. The standard InChI is InChI=1S/C23H17BrClNO4S/c1-11-12(2)31-18(26-11)10-15-20-17(30-23(28)21(15)22(27)29-3)8-7-16(24)19(20)13-5-4-6-14(25)9-13/h4-9H,10H2,1-3H3. The van der Waals surface area contributed by atoms with Crippen molar-refractivity contribution in [1.29, 1.82) is 0 Å². The third-order valence-corrected chi connectivity index (χ3v) is 7.00. The molecule has 0 spiro atoms. The van der Waals surface area contributed by atoms with Gasteiger partial charge < -0.3 is 9.15 Å². The van der Waals surface area contributed by atoms with Crippen LogP contribution in [0.4, 0.5) is 0 Å². The van der Waals surface area contributed by atoms with Crippen molar-refractivity contribution >= 4 is 55.8 Å². The number of hydrogen-bond acceptors (Lipinski definition) is 6. The maximum Gasteiger partial charge on any atom is 0.351 e. The first-order valence-corrected chi connectivity index (χ1v) is 11.3. The Morgan fingerprint density at radius 2 is 2.03 bits per heavy atom. The molecule has 2 heterocycles. The first-order chi connectivity index (χ1) is 14.8. The third kappa shape index (κ3) is 4.05. The molecule has 2 aromatic heterocycles. The molecule has 8 heteroatoms. The summed E-state index contributed by atoms with van der Waals surface area (Å²) in [4.78, 5) is 31.1. The van der Waals surface area contributed by atoms with Crippen molar-refractivity contribution < 1.29 is 13.9 Å². The number of halogens is 2. The minimum atomic E-state index is -0.743. The van der Waals surface area contributed by atoms with Gasteiger partial charge in [0.05, 0.1) is 17.8 Å². The van der Waals surface area contributed by atoms with Crippen molar-refractivity contribution in [2.75, 3.05) is 7.11 Å². The van der Waals surface area contributed by atoms with Crippen molar-refractivity contribution in [3.05, 3.63) is 83.0 Å². The van der Waals surface area contributed by atoms with E-state index in [1.807, 2.05) is 32.0 Å². The normalized spacial score (nSPS) is 11.1. The number of ether oxygens (including phenoxy) is 1. The average molecular weight is 519 g/mol. The van der Waals surface area contributed by atoms with Crippen molar-refractivity contribution in [3.8, 4) is 11.1 Å². The predicted molar refractivity (Wildman–Crippen MR) is 126 cm³/mol. The molecule has 0 N–H and O–H groups in total. The molecule has 0 saturated carbocycles. The van der Waals surface area contributed by atoms with Gasteiger partial charge >= 0.3 is 11.6 Å². The lowest BCUT2D eigenvalue weighted by molar-refractivity contribution is 0.0595. The summed E-state index contributed by atoms with van der Waals surface area (Å²) < 4.78 is 11.2. The molecular weight excluding hydrogens is 502 g/mol. The summed E-state index contributed by atoms with van der Waals surface area (Å²) in [6, 6.07) is 10.9. The maximum absolute atomic E-state index is 12.8. The molecular formula is C23H17BrClNO4S. The van der Waals surface area contributed by atoms with Gasteiger partial charge in [-0.1, -0.05) is 39.7 Å². The molecule has 0 saturated heterocycles. The minimum absolute atomic E-state index is 0.123. The van der Waals surface area contributed by atoms with Gasteiger partial charge in [-0.2, -0.15) is 0 Å². The fourth-order valence-electron chi connectivity index (χ4n) is 3.52. The minimum Gasteiger partial charge on any atom is -0.465 e. The first kappa shape index (κ1) is 21.7. The second-order valence-electron chi connectivity index (χ2n) is 6.97. The van der Waals surface area contributed by atoms with Gasteiger partial charge in [-0.15, -0.1) is 11.3 Å². The Balaban J connectivity index is 2.13. The van der Waals surface area contributed by atoms with E-state index in [1.54, 1.807) is 18.2 Å². The van der Waals surface area contributed by atoms with E-state index in [9.17, 15) is 9.59 Å². The number of aryl methyl sites for hydroxylation is 2. The highest BCUT2D eigenvalue weighted by molar-refractivity contribution is 9.10. The first-order valence-electron chi connectivity index (χ1n) is 9.35. The van der Waals surface area contributed by atoms with Crippen LogP contribution < -0.4 is 5.63 Å². The number of esters is 1. The number of thiazole rings is 1. The second-order valence-corrected chi connectivity index (χ2v) is 9.55. The SMILES string of the molecule is COC(=O)c1c(Cc2nc(C)c(C)s2)c2c(-c3cccc(Cl)c3)c(Br)ccc2oc1=O. The van der Waals surface area contributed by atoms with Crippen LogP contribution in [0.5, 0.6) is 0 Å². The summed E-state index contributed by atoms with van der Waals surface area (Å²) in [7, 11) is 1.24. The van der Waals surface area contributed by atoms with Crippen LogP contribution in [0.25, 0.3) is 22.1 Å². The Kier molecular flexibility index (Phi) is 6.01. The van der Waals surface area contributed by atoms with Crippen LogP contribution in [0.1, 0.15) is 31.5 Å². The summed E-state index contributed by atoms with van der Waals surface area (Å²) >= 11 is 11.4. The van der Waals surface area contributed by atoms with Gasteiger partial charge in [0.25, 0.3) is 0 Å². The molecule has 0 aliphatic heterocycles. The van der Waals surface area contributed by atoms with Gasteiger partial charge in [0.2, 0.25) is 0 Å². The zero-order valence-corrected chi connectivity index (χ0v) is 20.1. The van der Waals surface area contributed by atoms with E-state index < -0.39 is 11.6 Å². The third-order valence-electron chi connectivity index (χ3n) is 5.03. The second kappa shape index (κ2) is 8.57. The van der Waals surface area contributed by atoms with E-state index in [0.717, 1.165) is 31.2 Å². The van der Waals surface area contributed by atoms with Crippen molar-refractivity contribution in [2.24, 2.45) is 0 Å². The van der Waals surface area contributed by atoms with Crippen LogP contribution in [0.2, 0.25) is 5.02 Å². The summed E-state index contributed by atoms with van der Waals surface area (Å²) in [5.74, 6) is -0.743. The van der Waals surface area contributed by atoms with Crippen LogP contribution in [0.3, 0.4) is 0 Å². The number of carbonyl (C=O) groups is 1. The molecule has 0 atom stereocenters. The van der Waals surface area contributed by atoms with Crippen LogP contribution in [0.15, 0.2) is 50.1 Å². The highest BCUT2D eigenvalue weighted by atomic mass is 79.9. The van der Waals surface area contributed by atoms with Gasteiger partial charge in [0.15, 0.2) is 0 Å². The molecule has 0 amide bonds. The fourth-order valence-corrected chi connectivity index (χ4v) is 5.21. The Labute approximate surface area is 195 Å². The molecule has 0 aliphatic rings. The average Bonchev–Trinajstić information content (AvgIpc) is 3.04. The van der Waals surface area contributed by atoms with Crippen LogP contribution >= 0.6 is 38.9 Å². The lowest BCUT2D eigenvalue weighted by Gasteiger charge is -2.15. The summed E-state index contributed by atoms with van der Waals surface area (Å²) in [6.45, 7) is 3.92. The molecule has 2 aromatic carbocycles. The highest BCUT2D eigenvalue weighted by Gasteiger charge is 2.26. The Morgan fingerprint density at radius 1 is 1.26 bits per heavy atom. The predicted octanol–water partition coefficient (Wildman–Crippen LogP) is 6.33. The quantitative estimate of drug-likeness (QED) is 0.233. The lowest BCUT2D eigenvalue weighted by atomic mass is 9.94. The molecule has 0 unspecified atom stereocenters. The number of benzene rings is 2. The summed E-state index contributed by atoms with van der Waals surface area (Å²) in [6.07, 6.45) is 0.288. The number of carbonyl (C=O) groups excluding carboxylic acids is 1. The molecule has 0 fully saturated rings. The molecule has 0 radical (unpaired) electrons. The molecule has 4 rings (SSSR count). The Hall–Kier alpha value is -2.48. The zero-order valence-electron chi connectivity index (χ0n) is 16.9. The summed E-state index contributed by atoms with van der Waals surface area (Å²) in [5, 5.41) is 2.01. The van der Waals surface area contributed by atoms with Gasteiger partial charge in [0.1, 0.15) is 11.1 Å². The smallest absolute Gasteiger partial charge is 0.351 e. The molecule has 0 bridgehead atoms. The lowest BCUT2D eigenvalue weighted by Crippen LogP contribution is -2.19. The number of rotatable bonds is 4. The van der Waals surface area contributed by atoms with Crippen molar-refractivity contribution in [1.82, 2.24) is 4.98 Å². The number of aromatic nitrogens is 1. The van der Waals surface area contributed by atoms with Crippen LogP contribution in [-0.4, -0.2) is 18.1 Å². The largest absolute Gasteiger partial charge is 0.465 e. The molecule has 0 aliphatic carbocycles. The van der Waals surface area contributed by atoms with E-state index in [4.69, 9.17) is 20.8 Å². The topological polar surface area (TPSA) is 69.4 Å². The molecule has 31 heavy (non-hydrogen) atoms. The van der Waals surface area contributed by atoms with Gasteiger partial charge in [-0.25, -0.2) is 14.6 Å². The van der Waals surface area contributed by atoms with E-state index in [2.05, 4.69) is 20.9 Å². The van der Waals surface area contributed by atoms with Crippen molar-refractivity contribution in [2.45, 2.75) is 20.3 Å². The van der Waals surface area contributed by atoms with E-state index >= 15 is 0 Å². The van der Waals surface area contributed by atoms with Crippen LogP contribution in [0, 0.1) is 13.8 Å². The molecule has 158 valence electrons. The maximum atomic E-state index is 12.8. The number of nitrogens with zero attached hydrogens (tertiary/aromatic N) is 1. The Morgan fingerprint density at radius 3 is 2.68 bits per heavy atom. The van der Waals surface area contributed by atoms with Crippen molar-refractivity contribution in [3.63, 3.8) is 0 Å². The number of fused-ring (bicyclic) bond motifs is 1. The number of methoxy groups -OCH3 is 1. The molecule has 5 nitrogen and oxygen atoms in total. The summed E-state index contributed by atoms with van der Waals surface area (Å²) in [5.41, 5.74) is 2.54. The fraction of sp³-hybridized carbons (Fsp3) is 0.174. The monoisotopic (exact) mass is 517 g/mol. The van der Waals surface area contributed by atoms with E-state index in [1.165, 1.54) is 18.4 Å². The van der Waals surface area contributed by atoms with Gasteiger partial charge in [-0.3, -0.25) is 0 Å². The molecule has 4 aromatic rings. The van der Waals surface area contributed by atoms with Gasteiger partial charge in [0, 0.05) is 31.7 Å².